The van der Waals surface area contributed by atoms with Gasteiger partial charge in [-0.15, -0.1) is 0 Å². The highest BCUT2D eigenvalue weighted by molar-refractivity contribution is 7.94. The van der Waals surface area contributed by atoms with Crippen LogP contribution in [0.1, 0.15) is 180 Å². The maximum Gasteiger partial charge on any atom is 0.324 e. The number of allylic oxidation sites excluding steroid dienone is 3. The molecule has 2 spiro atoms. The van der Waals surface area contributed by atoms with Crippen LogP contribution in [0.4, 0.5) is 17.2 Å². The van der Waals surface area contributed by atoms with Gasteiger partial charge in [-0.05, 0) is 200 Å². The van der Waals surface area contributed by atoms with Crippen molar-refractivity contribution in [1.29, 1.82) is 0 Å². The molecule has 0 radical (unpaired) electrons. The molecule has 7 aliphatic carbocycles. The fraction of sp³-hybridized carbons (Fsp3) is 0.436. The SMILES string of the molecule is O=C(NS(=O)(=O)C1=CC2C(=O)N(C3CCCCC3)CC2C([N+](=O)[O-])=C1)c1ccc(N2CCN(CC3=C(c4ccc(Cl)cc4)CC4(CCC4)CC3)CC2)cc1Oc1cnc2[nH]ccc2c1.O=C(NS(=O)(=O)c1cc([N+](=O)[O-])n(CCC2CCCCC2)c1)c1ccc(N2CCN(CC3=C(c4ccc(Cl)cc4)CC4(CCC4)CC3)CC2)cc1Oc1cnc2[nH]ccc2c1. The Kier molecular flexibility index (Phi) is 24.5. The molecule has 4 N–H and O–H groups in total. The van der Waals surface area contributed by atoms with Crippen LogP contribution in [-0.2, 0) is 31.4 Å². The Labute approximate surface area is 737 Å². The van der Waals surface area contributed by atoms with Crippen LogP contribution in [0.5, 0.6) is 23.0 Å². The summed E-state index contributed by atoms with van der Waals surface area (Å²) in [6, 6.07) is 35.1. The summed E-state index contributed by atoms with van der Waals surface area (Å²) >= 11 is 12.6. The summed E-state index contributed by atoms with van der Waals surface area (Å²) in [6.45, 7) is 8.60. The summed E-state index contributed by atoms with van der Waals surface area (Å²) in [7, 11) is -9.17. The van der Waals surface area contributed by atoms with Gasteiger partial charge in [0, 0.05) is 141 Å². The number of aryl methyl sites for hydroxylation is 1. The normalized spacial score (nSPS) is 20.8. The number of benzene rings is 4. The molecule has 2 unspecified atom stereocenters. The first-order valence-corrected chi connectivity index (χ1v) is 47.9. The number of likely N-dealkylation sites (tertiary alicyclic amines) is 1. The summed E-state index contributed by atoms with van der Waals surface area (Å²) in [5.41, 5.74) is 12.0. The molecule has 10 aliphatic rings. The number of piperazine rings is 2. The number of nitrogens with one attached hydrogen (secondary N) is 4. The van der Waals surface area contributed by atoms with Crippen LogP contribution in [0.2, 0.25) is 10.0 Å². The number of aromatic nitrogens is 5. The zero-order chi connectivity index (χ0) is 86.3. The van der Waals surface area contributed by atoms with Crippen molar-refractivity contribution in [2.45, 2.75) is 165 Å². The van der Waals surface area contributed by atoms with Gasteiger partial charge in [0.1, 0.15) is 45.4 Å². The number of anilines is 2. The zero-order valence-corrected chi connectivity index (χ0v) is 73.1. The highest BCUT2D eigenvalue weighted by atomic mass is 35.5. The van der Waals surface area contributed by atoms with Crippen molar-refractivity contribution in [3.63, 3.8) is 0 Å². The Bertz CT molecular complexity index is 6010. The van der Waals surface area contributed by atoms with Gasteiger partial charge in [0.05, 0.1) is 57.8 Å². The summed E-state index contributed by atoms with van der Waals surface area (Å²) < 4.78 is 73.8. The molecule has 27 nitrogen and oxygen atoms in total. The van der Waals surface area contributed by atoms with E-state index in [4.69, 9.17) is 32.7 Å². The van der Waals surface area contributed by atoms with Crippen LogP contribution in [0.15, 0.2) is 185 Å². The number of rotatable bonds is 24. The molecule has 3 saturated heterocycles. The van der Waals surface area contributed by atoms with Crippen LogP contribution < -0.4 is 28.7 Å². The van der Waals surface area contributed by atoms with Crippen molar-refractivity contribution < 1.29 is 50.5 Å². The minimum atomic E-state index is -4.68. The second-order valence-corrected chi connectivity index (χ2v) is 40.2. The largest absolute Gasteiger partial charge is 0.455 e. The summed E-state index contributed by atoms with van der Waals surface area (Å²) in [4.78, 5) is 90.2. The molecule has 4 saturated carbocycles. The standard InChI is InChI=1S/C48H52ClN7O7S.C46H52ClN7O6S/c49-34-9-7-31(8-10-34)41-27-48(15-4-16-48)17-13-33(41)29-53-19-21-54(22-20-53)36-11-12-39(44(24-36)63-37-23-32-14-18-50-45(32)51-28-37)46(57)52-64(61,62)38-25-40-42(43(26-38)56(59)60)30-55(47(40)58)35-5-2-1-3-6-35;47-36-9-7-33(8-10-36)41-28-46(16-4-17-46)18-13-35(41)30-51-21-23-52(24-22-51)37-11-12-40(42(26-37)60-38-25-34-14-19-48-44(34)49-29-38)45(55)50-61(58,59)39-27-43(54(56)57)53(31-39)20-15-32-5-2-1-3-6-32/h7-12,14,18,23-26,28,35,40,42H,1-6,13,15-17,19-22,27,29-30H2,(H,50,51)(H,52,57);7-12,14,19,25-27,29,31-32H,1-6,13,15-18,20-24,28,30H2,(H,48,49)(H,50,55). The van der Waals surface area contributed by atoms with Gasteiger partial charge in [0.25, 0.3) is 37.6 Å². The average Bonchev–Trinajstić information content (AvgIpc) is 1.58. The van der Waals surface area contributed by atoms with E-state index in [2.05, 4.69) is 73.2 Å². The first-order chi connectivity index (χ1) is 60.4. The quantitative estimate of drug-likeness (QED) is 0.0322. The molecule has 31 heteroatoms. The average molecular weight is 1770 g/mol. The van der Waals surface area contributed by atoms with Crippen molar-refractivity contribution >= 4 is 111 Å². The fourth-order valence-electron chi connectivity index (χ4n) is 20.8. The Morgan fingerprint density at radius 2 is 1.06 bits per heavy atom. The number of pyridine rings is 2. The number of hydrogen-bond acceptors (Lipinski definition) is 19. The number of H-pyrrole nitrogens is 2. The van der Waals surface area contributed by atoms with Crippen molar-refractivity contribution in [2.24, 2.45) is 28.6 Å². The van der Waals surface area contributed by atoms with Gasteiger partial charge in [-0.25, -0.2) is 40.8 Å². The Hall–Kier alpha value is -10.7. The molecule has 2 atom stereocenters. The van der Waals surface area contributed by atoms with E-state index in [1.165, 1.54) is 120 Å². The summed E-state index contributed by atoms with van der Waals surface area (Å²) in [5, 5.41) is 27.4. The molecule has 125 heavy (non-hydrogen) atoms. The number of hydrogen-bond donors (Lipinski definition) is 4. The Morgan fingerprint density at radius 1 is 0.568 bits per heavy atom. The van der Waals surface area contributed by atoms with Crippen LogP contribution in [0, 0.1) is 48.8 Å². The molecule has 9 aromatic rings. The molecule has 654 valence electrons. The molecule has 3 amide bonds. The minimum absolute atomic E-state index is 0.00504. The van der Waals surface area contributed by atoms with Crippen LogP contribution >= 0.6 is 23.2 Å². The molecular formula is C94H104Cl2N14O13S2. The van der Waals surface area contributed by atoms with Gasteiger partial charge in [0.15, 0.2) is 0 Å². The zero-order valence-electron chi connectivity index (χ0n) is 69.9. The van der Waals surface area contributed by atoms with E-state index >= 15 is 0 Å². The number of carbonyl (C=O) groups is 3. The van der Waals surface area contributed by atoms with E-state index < -0.39 is 58.4 Å². The van der Waals surface area contributed by atoms with Crippen LogP contribution in [-0.4, -0.2) is 162 Å². The third kappa shape index (κ3) is 18.7. The van der Waals surface area contributed by atoms with Crippen LogP contribution in [0.3, 0.4) is 0 Å². The smallest absolute Gasteiger partial charge is 0.324 e. The highest BCUT2D eigenvalue weighted by Gasteiger charge is 2.51. The van der Waals surface area contributed by atoms with Crippen molar-refractivity contribution in [2.75, 3.05) is 81.8 Å². The van der Waals surface area contributed by atoms with E-state index in [0.717, 1.165) is 200 Å². The lowest BCUT2D eigenvalue weighted by molar-refractivity contribution is -0.434. The molecule has 8 heterocycles. The van der Waals surface area contributed by atoms with Crippen molar-refractivity contribution in [1.82, 2.24) is 48.6 Å². The molecule has 5 aromatic heterocycles. The summed E-state index contributed by atoms with van der Waals surface area (Å²) in [5.74, 6) is -2.92. The molecule has 0 bridgehead atoms. The molecule has 4 aromatic carbocycles. The van der Waals surface area contributed by atoms with Gasteiger partial charge in [-0.1, -0.05) is 129 Å². The number of carbonyl (C=O) groups excluding carboxylic acids is 3. The monoisotopic (exact) mass is 1770 g/mol. The number of sulfonamides is 2. The lowest BCUT2D eigenvalue weighted by Gasteiger charge is -2.47. The second-order valence-electron chi connectivity index (χ2n) is 36.0. The van der Waals surface area contributed by atoms with E-state index in [9.17, 15) is 51.4 Å². The van der Waals surface area contributed by atoms with Crippen molar-refractivity contribution in [3.05, 3.63) is 233 Å². The number of nitrogens with zero attached hydrogens (tertiary/aromatic N) is 10. The van der Waals surface area contributed by atoms with E-state index in [1.807, 2.05) is 42.5 Å². The predicted molar refractivity (Wildman–Crippen MR) is 482 cm³/mol. The number of amides is 3. The first-order valence-electron chi connectivity index (χ1n) is 44.2. The maximum absolute atomic E-state index is 14.1. The number of fused-ring (bicyclic) bond motifs is 3. The number of halogens is 2. The third-order valence-electron chi connectivity index (χ3n) is 28.3. The summed E-state index contributed by atoms with van der Waals surface area (Å²) in [6.07, 6.45) is 35.9. The predicted octanol–water partition coefficient (Wildman–Crippen LogP) is 18.2. The third-order valence-corrected chi connectivity index (χ3v) is 31.4. The number of aromatic amines is 2. The molecular weight excluding hydrogens is 1670 g/mol. The van der Waals surface area contributed by atoms with Gasteiger partial charge in [-0.3, -0.25) is 34.3 Å². The number of ether oxygens (including phenoxy) is 2. The maximum atomic E-state index is 14.1. The highest BCUT2D eigenvalue weighted by Crippen LogP contribution is 2.57. The lowest BCUT2D eigenvalue weighted by Crippen LogP contribution is -2.47. The Balaban J connectivity index is 0.000000170. The van der Waals surface area contributed by atoms with Crippen LogP contribution in [0.25, 0.3) is 33.2 Å². The minimum Gasteiger partial charge on any atom is -0.455 e. The second kappa shape index (κ2) is 36.0. The van der Waals surface area contributed by atoms with Gasteiger partial charge < -0.3 is 44.3 Å². The Morgan fingerprint density at radius 3 is 1.53 bits per heavy atom. The lowest BCUT2D eigenvalue weighted by atomic mass is 9.59. The molecule has 7 fully saturated rings. The van der Waals surface area contributed by atoms with Gasteiger partial charge in [-0.2, -0.15) is 0 Å². The first kappa shape index (κ1) is 85.1. The van der Waals surface area contributed by atoms with Gasteiger partial charge >= 0.3 is 5.82 Å². The van der Waals surface area contributed by atoms with Crippen molar-refractivity contribution in [3.8, 4) is 23.0 Å². The number of nitro groups is 2. The van der Waals surface area contributed by atoms with E-state index in [1.54, 1.807) is 59.9 Å². The fourth-order valence-corrected chi connectivity index (χ4v) is 23.2. The van der Waals surface area contributed by atoms with E-state index in [0.29, 0.717) is 46.1 Å². The molecule has 19 rings (SSSR count). The van der Waals surface area contributed by atoms with Gasteiger partial charge in [0.2, 0.25) is 5.91 Å². The molecule has 3 aliphatic heterocycles. The topological polar surface area (TPSA) is 327 Å². The van der Waals surface area contributed by atoms with E-state index in [-0.39, 0.29) is 57.5 Å².